The molecule has 0 saturated carbocycles. The van der Waals surface area contributed by atoms with E-state index in [9.17, 15) is 4.79 Å². The Balaban J connectivity index is 2.05. The Morgan fingerprint density at radius 2 is 2.11 bits per heavy atom. The first-order valence-corrected chi connectivity index (χ1v) is 6.30. The summed E-state index contributed by atoms with van der Waals surface area (Å²) in [6, 6.07) is 7.01. The van der Waals surface area contributed by atoms with E-state index in [0.717, 1.165) is 18.8 Å². The number of carbonyl (C=O) groups excluding carboxylic acids is 1. The van der Waals surface area contributed by atoms with Gasteiger partial charge in [0.05, 0.1) is 18.1 Å². The lowest BCUT2D eigenvalue weighted by Gasteiger charge is -2.20. The van der Waals surface area contributed by atoms with Crippen LogP contribution in [0.3, 0.4) is 0 Å². The first-order chi connectivity index (χ1) is 9.24. The van der Waals surface area contributed by atoms with Gasteiger partial charge in [-0.1, -0.05) is 0 Å². The number of pyridine rings is 1. The average Bonchev–Trinajstić information content (AvgIpc) is 2.96. The Bertz CT molecular complexity index is 516. The fourth-order valence-corrected chi connectivity index (χ4v) is 1.82. The smallest absolute Gasteiger partial charge is 0.292 e. The van der Waals surface area contributed by atoms with Crippen LogP contribution in [0.2, 0.25) is 0 Å². The maximum atomic E-state index is 11.8. The number of aromatic nitrogens is 1. The SMILES string of the molecule is CCN(CC)c1ccc(NC(=O)c2ccco2)nc1. The maximum Gasteiger partial charge on any atom is 0.292 e. The van der Waals surface area contributed by atoms with E-state index >= 15 is 0 Å². The zero-order valence-corrected chi connectivity index (χ0v) is 11.1. The molecule has 1 N–H and O–H groups in total. The summed E-state index contributed by atoms with van der Waals surface area (Å²) in [7, 11) is 0. The van der Waals surface area contributed by atoms with Crippen LogP contribution in [0.15, 0.2) is 41.1 Å². The summed E-state index contributed by atoms with van der Waals surface area (Å²) in [5.41, 5.74) is 1.04. The number of rotatable bonds is 5. The standard InChI is InChI=1S/C14H17N3O2/c1-3-17(4-2)11-7-8-13(15-10-11)16-14(18)12-6-5-9-19-12/h5-10H,3-4H2,1-2H3,(H,15,16,18). The van der Waals surface area contributed by atoms with E-state index in [2.05, 4.69) is 29.0 Å². The molecule has 0 radical (unpaired) electrons. The molecule has 0 unspecified atom stereocenters. The number of hydrogen-bond acceptors (Lipinski definition) is 4. The largest absolute Gasteiger partial charge is 0.459 e. The molecule has 0 fully saturated rings. The molecule has 0 saturated heterocycles. The third kappa shape index (κ3) is 3.13. The third-order valence-electron chi connectivity index (χ3n) is 2.86. The molecule has 2 heterocycles. The monoisotopic (exact) mass is 259 g/mol. The Morgan fingerprint density at radius 1 is 1.32 bits per heavy atom. The van der Waals surface area contributed by atoms with Crippen molar-refractivity contribution < 1.29 is 9.21 Å². The Kier molecular flexibility index (Phi) is 4.18. The van der Waals surface area contributed by atoms with Crippen molar-refractivity contribution in [2.24, 2.45) is 0 Å². The van der Waals surface area contributed by atoms with Gasteiger partial charge >= 0.3 is 0 Å². The van der Waals surface area contributed by atoms with Crippen molar-refractivity contribution in [1.82, 2.24) is 4.98 Å². The summed E-state index contributed by atoms with van der Waals surface area (Å²) in [5.74, 6) is 0.486. The van der Waals surface area contributed by atoms with Crippen molar-refractivity contribution in [2.45, 2.75) is 13.8 Å². The zero-order chi connectivity index (χ0) is 13.7. The number of hydrogen-bond donors (Lipinski definition) is 1. The lowest BCUT2D eigenvalue weighted by Crippen LogP contribution is -2.22. The van der Waals surface area contributed by atoms with E-state index in [0.29, 0.717) is 5.82 Å². The van der Waals surface area contributed by atoms with Gasteiger partial charge in [-0.2, -0.15) is 0 Å². The highest BCUT2D eigenvalue weighted by atomic mass is 16.3. The van der Waals surface area contributed by atoms with Gasteiger partial charge in [-0.25, -0.2) is 4.98 Å². The summed E-state index contributed by atoms with van der Waals surface area (Å²) in [4.78, 5) is 18.2. The van der Waals surface area contributed by atoms with Crippen LogP contribution in [0.1, 0.15) is 24.4 Å². The zero-order valence-electron chi connectivity index (χ0n) is 11.1. The molecule has 5 nitrogen and oxygen atoms in total. The third-order valence-corrected chi connectivity index (χ3v) is 2.86. The van der Waals surface area contributed by atoms with Crippen LogP contribution in [-0.4, -0.2) is 24.0 Å². The van der Waals surface area contributed by atoms with Gasteiger partial charge in [0.2, 0.25) is 0 Å². The van der Waals surface area contributed by atoms with Crippen LogP contribution in [0.25, 0.3) is 0 Å². The minimum absolute atomic E-state index is 0.273. The molecule has 0 aromatic carbocycles. The van der Waals surface area contributed by atoms with E-state index in [1.807, 2.05) is 6.07 Å². The van der Waals surface area contributed by atoms with Crippen LogP contribution in [0.4, 0.5) is 11.5 Å². The second-order valence-corrected chi connectivity index (χ2v) is 4.01. The molecule has 5 heteroatoms. The van der Waals surface area contributed by atoms with Crippen LogP contribution in [0.5, 0.6) is 0 Å². The van der Waals surface area contributed by atoms with Crippen molar-refractivity contribution in [3.05, 3.63) is 42.5 Å². The van der Waals surface area contributed by atoms with Gasteiger partial charge in [0.15, 0.2) is 5.76 Å². The van der Waals surface area contributed by atoms with Gasteiger partial charge in [0.25, 0.3) is 5.91 Å². The minimum Gasteiger partial charge on any atom is -0.459 e. The van der Waals surface area contributed by atoms with E-state index in [1.165, 1.54) is 6.26 Å². The van der Waals surface area contributed by atoms with Crippen LogP contribution >= 0.6 is 0 Å². The summed E-state index contributed by atoms with van der Waals surface area (Å²) in [6.07, 6.45) is 3.22. The quantitative estimate of drug-likeness (QED) is 0.897. The highest BCUT2D eigenvalue weighted by Crippen LogP contribution is 2.15. The summed E-state index contributed by atoms with van der Waals surface area (Å²) in [5, 5.41) is 2.68. The second kappa shape index (κ2) is 6.04. The van der Waals surface area contributed by atoms with E-state index in [4.69, 9.17) is 4.42 Å². The topological polar surface area (TPSA) is 58.4 Å². The Morgan fingerprint density at radius 3 is 2.63 bits per heavy atom. The highest BCUT2D eigenvalue weighted by molar-refractivity contribution is 6.01. The molecule has 2 aromatic heterocycles. The summed E-state index contributed by atoms with van der Waals surface area (Å²) >= 11 is 0. The van der Waals surface area contributed by atoms with E-state index in [-0.39, 0.29) is 11.7 Å². The maximum absolute atomic E-state index is 11.8. The molecular weight excluding hydrogens is 242 g/mol. The second-order valence-electron chi connectivity index (χ2n) is 4.01. The average molecular weight is 259 g/mol. The van der Waals surface area contributed by atoms with Crippen molar-refractivity contribution in [3.8, 4) is 0 Å². The first kappa shape index (κ1) is 13.1. The normalized spacial score (nSPS) is 10.2. The fraction of sp³-hybridized carbons (Fsp3) is 0.286. The molecular formula is C14H17N3O2. The fourth-order valence-electron chi connectivity index (χ4n) is 1.82. The number of nitrogens with one attached hydrogen (secondary N) is 1. The van der Waals surface area contributed by atoms with E-state index < -0.39 is 0 Å². The molecule has 0 aliphatic carbocycles. The summed E-state index contributed by atoms with van der Waals surface area (Å²) < 4.78 is 5.02. The minimum atomic E-state index is -0.298. The Labute approximate surface area is 112 Å². The van der Waals surface area contributed by atoms with Gasteiger partial charge in [-0.15, -0.1) is 0 Å². The van der Waals surface area contributed by atoms with Gasteiger partial charge in [0, 0.05) is 13.1 Å². The number of furan rings is 1. The molecule has 0 aliphatic heterocycles. The highest BCUT2D eigenvalue weighted by Gasteiger charge is 2.09. The number of amides is 1. The number of anilines is 2. The lowest BCUT2D eigenvalue weighted by molar-refractivity contribution is 0.0996. The van der Waals surface area contributed by atoms with Gasteiger partial charge < -0.3 is 14.6 Å². The molecule has 0 aliphatic rings. The van der Waals surface area contributed by atoms with Crippen molar-refractivity contribution in [1.29, 1.82) is 0 Å². The predicted octanol–water partition coefficient (Wildman–Crippen LogP) is 2.77. The van der Waals surface area contributed by atoms with Gasteiger partial charge in [0.1, 0.15) is 5.82 Å². The lowest BCUT2D eigenvalue weighted by atomic mass is 10.3. The molecule has 0 spiro atoms. The van der Waals surface area contributed by atoms with Crippen LogP contribution < -0.4 is 10.2 Å². The van der Waals surface area contributed by atoms with Gasteiger partial charge in [-0.05, 0) is 38.1 Å². The van der Waals surface area contributed by atoms with Gasteiger partial charge in [-0.3, -0.25) is 4.79 Å². The molecule has 19 heavy (non-hydrogen) atoms. The number of carbonyl (C=O) groups is 1. The van der Waals surface area contributed by atoms with Crippen molar-refractivity contribution in [3.63, 3.8) is 0 Å². The number of nitrogens with zero attached hydrogens (tertiary/aromatic N) is 2. The molecule has 0 atom stereocenters. The van der Waals surface area contributed by atoms with Crippen molar-refractivity contribution in [2.75, 3.05) is 23.3 Å². The van der Waals surface area contributed by atoms with Crippen molar-refractivity contribution >= 4 is 17.4 Å². The van der Waals surface area contributed by atoms with Crippen LogP contribution in [0, 0.1) is 0 Å². The molecule has 100 valence electrons. The predicted molar refractivity (Wildman–Crippen MR) is 74.5 cm³/mol. The molecule has 1 amide bonds. The molecule has 2 rings (SSSR count). The summed E-state index contributed by atoms with van der Waals surface area (Å²) in [6.45, 7) is 6.04. The molecule has 0 bridgehead atoms. The van der Waals surface area contributed by atoms with Crippen LogP contribution in [-0.2, 0) is 0 Å². The molecule has 2 aromatic rings. The first-order valence-electron chi connectivity index (χ1n) is 6.30. The van der Waals surface area contributed by atoms with E-state index in [1.54, 1.807) is 24.4 Å². The Hall–Kier alpha value is -2.30.